The Kier molecular flexibility index (Phi) is 5.35. The van der Waals surface area contributed by atoms with E-state index in [1.165, 1.54) is 11.3 Å². The Hall–Kier alpha value is -2.79. The van der Waals surface area contributed by atoms with E-state index in [-0.39, 0.29) is 5.56 Å². The third-order valence-corrected chi connectivity index (χ3v) is 5.61. The number of pyridine rings is 1. The Bertz CT molecular complexity index is 1000. The van der Waals surface area contributed by atoms with Crippen molar-refractivity contribution in [3.05, 3.63) is 70.0 Å². The van der Waals surface area contributed by atoms with Gasteiger partial charge in [0.05, 0.1) is 0 Å². The van der Waals surface area contributed by atoms with Crippen molar-refractivity contribution in [3.63, 3.8) is 0 Å². The quantitative estimate of drug-likeness (QED) is 0.716. The number of hydrogen-bond donors (Lipinski definition) is 2. The predicted octanol–water partition coefficient (Wildman–Crippen LogP) is 3.45. The molecule has 28 heavy (non-hydrogen) atoms. The van der Waals surface area contributed by atoms with Crippen molar-refractivity contribution in [3.8, 4) is 0 Å². The molecule has 3 aromatic rings. The number of nitrogens with one attached hydrogen (secondary N) is 2. The minimum absolute atomic E-state index is 0.0256. The number of piperazine rings is 1. The van der Waals surface area contributed by atoms with E-state index in [1.807, 2.05) is 6.07 Å². The van der Waals surface area contributed by atoms with Gasteiger partial charge in [-0.25, -0.2) is 0 Å². The molecular weight excluding hydrogens is 348 g/mol. The van der Waals surface area contributed by atoms with E-state index in [1.54, 1.807) is 0 Å². The topological polar surface area (TPSA) is 51.4 Å². The van der Waals surface area contributed by atoms with Gasteiger partial charge in [0.2, 0.25) is 0 Å². The maximum Gasteiger partial charge on any atom is 0.253 e. The van der Waals surface area contributed by atoms with Gasteiger partial charge in [-0.15, -0.1) is 0 Å². The molecule has 0 atom stereocenters. The van der Waals surface area contributed by atoms with Crippen LogP contribution in [0.25, 0.3) is 10.9 Å². The molecule has 1 fully saturated rings. The van der Waals surface area contributed by atoms with E-state index in [4.69, 9.17) is 0 Å². The summed E-state index contributed by atoms with van der Waals surface area (Å²) in [6.45, 7) is 6.96. The number of H-pyrrole nitrogens is 1. The highest BCUT2D eigenvalue weighted by Crippen LogP contribution is 2.20. The van der Waals surface area contributed by atoms with Gasteiger partial charge in [-0.05, 0) is 60.8 Å². The molecule has 0 radical (unpaired) electrons. The van der Waals surface area contributed by atoms with E-state index >= 15 is 0 Å². The molecule has 5 nitrogen and oxygen atoms in total. The lowest BCUT2D eigenvalue weighted by Gasteiger charge is -2.34. The highest BCUT2D eigenvalue weighted by molar-refractivity contribution is 5.79. The van der Waals surface area contributed by atoms with Crippen LogP contribution in [0.15, 0.2) is 53.3 Å². The SMILES string of the molecule is CCc1ccc2cc(CNc3ccc(N4CCN(C)CC4)cc3)c(=O)[nH]c2c1. The smallest absolute Gasteiger partial charge is 0.253 e. The van der Waals surface area contributed by atoms with Gasteiger partial charge in [-0.3, -0.25) is 4.79 Å². The first-order chi connectivity index (χ1) is 13.6. The molecule has 0 saturated carbocycles. The zero-order valence-corrected chi connectivity index (χ0v) is 16.7. The Labute approximate surface area is 166 Å². The second-order valence-corrected chi connectivity index (χ2v) is 7.59. The molecule has 1 aliphatic rings. The van der Waals surface area contributed by atoms with Gasteiger partial charge in [0.15, 0.2) is 0 Å². The van der Waals surface area contributed by atoms with E-state index in [9.17, 15) is 4.79 Å². The molecule has 1 aliphatic heterocycles. The van der Waals surface area contributed by atoms with Crippen LogP contribution >= 0.6 is 0 Å². The van der Waals surface area contributed by atoms with Crippen molar-refractivity contribution in [1.82, 2.24) is 9.88 Å². The first-order valence-electron chi connectivity index (χ1n) is 10.0. The Morgan fingerprint density at radius 2 is 1.75 bits per heavy atom. The summed E-state index contributed by atoms with van der Waals surface area (Å²) in [6.07, 6.45) is 0.964. The maximum atomic E-state index is 12.4. The summed E-state index contributed by atoms with van der Waals surface area (Å²) in [6, 6.07) is 16.7. The molecule has 2 aromatic carbocycles. The molecule has 0 spiro atoms. The first kappa shape index (κ1) is 18.6. The molecule has 146 valence electrons. The number of aromatic amines is 1. The highest BCUT2D eigenvalue weighted by atomic mass is 16.1. The number of benzene rings is 2. The molecule has 4 rings (SSSR count). The van der Waals surface area contributed by atoms with Crippen LogP contribution in [0.2, 0.25) is 0 Å². The van der Waals surface area contributed by atoms with Crippen molar-refractivity contribution in [2.75, 3.05) is 43.4 Å². The van der Waals surface area contributed by atoms with Gasteiger partial charge in [0.1, 0.15) is 0 Å². The summed E-state index contributed by atoms with van der Waals surface area (Å²) in [7, 11) is 2.17. The number of aryl methyl sites for hydroxylation is 1. The number of nitrogens with zero attached hydrogens (tertiary/aromatic N) is 2. The minimum atomic E-state index is -0.0256. The molecular formula is C23H28N4O. The first-order valence-corrected chi connectivity index (χ1v) is 10.0. The number of aromatic nitrogens is 1. The van der Waals surface area contributed by atoms with E-state index in [0.29, 0.717) is 6.54 Å². The molecule has 1 saturated heterocycles. The molecule has 2 N–H and O–H groups in total. The number of hydrogen-bond acceptors (Lipinski definition) is 4. The fourth-order valence-electron chi connectivity index (χ4n) is 3.70. The molecule has 0 amide bonds. The lowest BCUT2D eigenvalue weighted by atomic mass is 10.1. The van der Waals surface area contributed by atoms with Crippen LogP contribution in [0.5, 0.6) is 0 Å². The van der Waals surface area contributed by atoms with E-state index < -0.39 is 0 Å². The van der Waals surface area contributed by atoms with Crippen molar-refractivity contribution >= 4 is 22.3 Å². The van der Waals surface area contributed by atoms with Crippen LogP contribution < -0.4 is 15.8 Å². The second-order valence-electron chi connectivity index (χ2n) is 7.59. The number of anilines is 2. The Morgan fingerprint density at radius 1 is 1.00 bits per heavy atom. The van der Waals surface area contributed by atoms with E-state index in [2.05, 4.69) is 76.5 Å². The van der Waals surface area contributed by atoms with Gasteiger partial charge in [0.25, 0.3) is 5.56 Å². The minimum Gasteiger partial charge on any atom is -0.381 e. The van der Waals surface area contributed by atoms with Crippen LogP contribution in [0.4, 0.5) is 11.4 Å². The third kappa shape index (κ3) is 4.04. The van der Waals surface area contributed by atoms with Crippen LogP contribution in [-0.2, 0) is 13.0 Å². The van der Waals surface area contributed by atoms with Crippen molar-refractivity contribution in [2.24, 2.45) is 0 Å². The standard InChI is InChI=1S/C23H28N4O/c1-3-17-4-5-18-15-19(23(28)25-22(18)14-17)16-24-20-6-8-21(9-7-20)27-12-10-26(2)11-13-27/h4-9,14-15,24H,3,10-13,16H2,1-2H3,(H,25,28). The summed E-state index contributed by atoms with van der Waals surface area (Å²) < 4.78 is 0. The largest absolute Gasteiger partial charge is 0.381 e. The summed E-state index contributed by atoms with van der Waals surface area (Å²) in [5.74, 6) is 0. The fourth-order valence-corrected chi connectivity index (χ4v) is 3.70. The molecule has 2 heterocycles. The van der Waals surface area contributed by atoms with Gasteiger partial charge in [0, 0.05) is 55.2 Å². The summed E-state index contributed by atoms with van der Waals surface area (Å²) in [5, 5.41) is 4.45. The van der Waals surface area contributed by atoms with Gasteiger partial charge in [-0.2, -0.15) is 0 Å². The van der Waals surface area contributed by atoms with Crippen molar-refractivity contribution in [2.45, 2.75) is 19.9 Å². The van der Waals surface area contributed by atoms with Gasteiger partial charge in [-0.1, -0.05) is 19.1 Å². The van der Waals surface area contributed by atoms with Gasteiger partial charge < -0.3 is 20.1 Å². The molecule has 5 heteroatoms. The number of likely N-dealkylation sites (N-methyl/N-ethyl adjacent to an activating group) is 1. The average Bonchev–Trinajstić information content (AvgIpc) is 2.73. The monoisotopic (exact) mass is 376 g/mol. The van der Waals surface area contributed by atoms with Crippen LogP contribution in [0.3, 0.4) is 0 Å². The zero-order chi connectivity index (χ0) is 19.5. The summed E-state index contributed by atoms with van der Waals surface area (Å²) in [4.78, 5) is 20.2. The lowest BCUT2D eigenvalue weighted by Crippen LogP contribution is -2.44. The second kappa shape index (κ2) is 8.07. The molecule has 1 aromatic heterocycles. The van der Waals surface area contributed by atoms with Crippen molar-refractivity contribution in [1.29, 1.82) is 0 Å². The summed E-state index contributed by atoms with van der Waals surface area (Å²) >= 11 is 0. The number of rotatable bonds is 5. The summed E-state index contributed by atoms with van der Waals surface area (Å²) in [5.41, 5.74) is 5.15. The molecule has 0 aliphatic carbocycles. The number of fused-ring (bicyclic) bond motifs is 1. The van der Waals surface area contributed by atoms with Gasteiger partial charge >= 0.3 is 0 Å². The lowest BCUT2D eigenvalue weighted by molar-refractivity contribution is 0.313. The Balaban J connectivity index is 1.44. The molecule has 0 unspecified atom stereocenters. The molecule has 0 bridgehead atoms. The highest BCUT2D eigenvalue weighted by Gasteiger charge is 2.14. The van der Waals surface area contributed by atoms with Crippen LogP contribution in [0, 0.1) is 0 Å². The predicted molar refractivity (Wildman–Crippen MR) is 117 cm³/mol. The van der Waals surface area contributed by atoms with Crippen LogP contribution in [0.1, 0.15) is 18.1 Å². The average molecular weight is 377 g/mol. The third-order valence-electron chi connectivity index (χ3n) is 5.61. The zero-order valence-electron chi connectivity index (χ0n) is 16.7. The fraction of sp³-hybridized carbons (Fsp3) is 0.348. The maximum absolute atomic E-state index is 12.4. The van der Waals surface area contributed by atoms with Crippen LogP contribution in [-0.4, -0.2) is 43.1 Å². The van der Waals surface area contributed by atoms with Crippen molar-refractivity contribution < 1.29 is 0 Å². The normalized spacial score (nSPS) is 15.1. The van der Waals surface area contributed by atoms with E-state index in [0.717, 1.165) is 54.8 Å². The Morgan fingerprint density at radius 3 is 2.46 bits per heavy atom.